The lowest BCUT2D eigenvalue weighted by molar-refractivity contribution is 0.589. The SMILES string of the molecule is CCc1cc(Cn2cc(I)c(C)cc2=O)n(CC)n1. The zero-order valence-corrected chi connectivity index (χ0v) is 13.6. The lowest BCUT2D eigenvalue weighted by Crippen LogP contribution is -2.22. The van der Waals surface area contributed by atoms with E-state index in [2.05, 4.69) is 47.6 Å². The second-order valence-corrected chi connectivity index (χ2v) is 5.73. The Morgan fingerprint density at radius 2 is 2.05 bits per heavy atom. The first kappa shape index (κ1) is 14.3. The van der Waals surface area contributed by atoms with E-state index in [1.807, 2.05) is 17.8 Å². The Kier molecular flexibility index (Phi) is 4.44. The number of nitrogens with zero attached hydrogens (tertiary/aromatic N) is 3. The van der Waals surface area contributed by atoms with Crippen molar-refractivity contribution in [2.75, 3.05) is 0 Å². The molecule has 0 aliphatic heterocycles. The topological polar surface area (TPSA) is 39.8 Å². The normalized spacial score (nSPS) is 10.9. The summed E-state index contributed by atoms with van der Waals surface area (Å²) in [6.07, 6.45) is 2.83. The lowest BCUT2D eigenvalue weighted by atomic mass is 10.3. The molecule has 5 heteroatoms. The third kappa shape index (κ3) is 3.08. The Bertz CT molecular complexity index is 643. The molecule has 102 valence electrons. The van der Waals surface area contributed by atoms with Crippen molar-refractivity contribution in [3.63, 3.8) is 0 Å². The van der Waals surface area contributed by atoms with Crippen LogP contribution in [0, 0.1) is 10.5 Å². The average molecular weight is 371 g/mol. The summed E-state index contributed by atoms with van der Waals surface area (Å²) in [6.45, 7) is 7.52. The van der Waals surface area contributed by atoms with Gasteiger partial charge in [-0.15, -0.1) is 0 Å². The van der Waals surface area contributed by atoms with Crippen LogP contribution in [0.1, 0.15) is 30.8 Å². The van der Waals surface area contributed by atoms with Crippen LogP contribution in [0.3, 0.4) is 0 Å². The summed E-state index contributed by atoms with van der Waals surface area (Å²) < 4.78 is 4.82. The Hall–Kier alpha value is -1.11. The van der Waals surface area contributed by atoms with Crippen LogP contribution in [0.15, 0.2) is 23.1 Å². The highest BCUT2D eigenvalue weighted by molar-refractivity contribution is 14.1. The maximum absolute atomic E-state index is 12.0. The third-order valence-corrected chi connectivity index (χ3v) is 4.31. The molecule has 2 rings (SSSR count). The fourth-order valence-electron chi connectivity index (χ4n) is 2.03. The molecule has 4 nitrogen and oxygen atoms in total. The van der Waals surface area contributed by atoms with Crippen molar-refractivity contribution in [3.8, 4) is 0 Å². The number of hydrogen-bond donors (Lipinski definition) is 0. The maximum Gasteiger partial charge on any atom is 0.251 e. The van der Waals surface area contributed by atoms with Gasteiger partial charge in [0.15, 0.2) is 0 Å². The summed E-state index contributed by atoms with van der Waals surface area (Å²) in [5.74, 6) is 0. The van der Waals surface area contributed by atoms with E-state index in [0.717, 1.165) is 33.5 Å². The molecule has 0 spiro atoms. The summed E-state index contributed by atoms with van der Waals surface area (Å²) in [5.41, 5.74) is 3.23. The van der Waals surface area contributed by atoms with Gasteiger partial charge in [0.1, 0.15) is 0 Å². The molecule has 19 heavy (non-hydrogen) atoms. The van der Waals surface area contributed by atoms with Crippen LogP contribution in [0.25, 0.3) is 0 Å². The monoisotopic (exact) mass is 371 g/mol. The summed E-state index contributed by atoms with van der Waals surface area (Å²) in [6, 6.07) is 3.78. The summed E-state index contributed by atoms with van der Waals surface area (Å²) in [4.78, 5) is 12.0. The van der Waals surface area contributed by atoms with Gasteiger partial charge in [-0.2, -0.15) is 5.10 Å². The van der Waals surface area contributed by atoms with E-state index in [-0.39, 0.29) is 5.56 Å². The van der Waals surface area contributed by atoms with Crippen LogP contribution < -0.4 is 5.56 Å². The molecule has 0 radical (unpaired) electrons. The van der Waals surface area contributed by atoms with E-state index in [4.69, 9.17) is 0 Å². The molecule has 0 aliphatic rings. The number of aryl methyl sites for hydroxylation is 3. The van der Waals surface area contributed by atoms with Crippen molar-refractivity contribution in [2.45, 2.75) is 40.3 Å². The van der Waals surface area contributed by atoms with Crippen molar-refractivity contribution < 1.29 is 0 Å². The van der Waals surface area contributed by atoms with E-state index < -0.39 is 0 Å². The third-order valence-electron chi connectivity index (χ3n) is 3.18. The number of aromatic nitrogens is 3. The van der Waals surface area contributed by atoms with Gasteiger partial charge in [0, 0.05) is 22.4 Å². The maximum atomic E-state index is 12.0. The molecule has 0 N–H and O–H groups in total. The van der Waals surface area contributed by atoms with E-state index in [9.17, 15) is 4.79 Å². The molecule has 0 aliphatic carbocycles. The summed E-state index contributed by atoms with van der Waals surface area (Å²) in [7, 11) is 0. The van der Waals surface area contributed by atoms with Gasteiger partial charge in [-0.25, -0.2) is 0 Å². The molecule has 2 heterocycles. The predicted molar refractivity (Wildman–Crippen MR) is 84.5 cm³/mol. The van der Waals surface area contributed by atoms with E-state index >= 15 is 0 Å². The fourth-order valence-corrected chi connectivity index (χ4v) is 2.52. The van der Waals surface area contributed by atoms with Crippen molar-refractivity contribution in [2.24, 2.45) is 0 Å². The molecule has 2 aromatic heterocycles. The molecule has 0 unspecified atom stereocenters. The molecule has 0 saturated heterocycles. The molecule has 2 aromatic rings. The molecule has 0 fully saturated rings. The molecule has 0 saturated carbocycles. The Balaban J connectivity index is 2.38. The smallest absolute Gasteiger partial charge is 0.251 e. The van der Waals surface area contributed by atoms with Gasteiger partial charge in [0.2, 0.25) is 0 Å². The Labute approximate surface area is 126 Å². The van der Waals surface area contributed by atoms with Crippen LogP contribution in [0.5, 0.6) is 0 Å². The van der Waals surface area contributed by atoms with Gasteiger partial charge in [0.25, 0.3) is 5.56 Å². The average Bonchev–Trinajstić information content (AvgIpc) is 2.78. The predicted octanol–water partition coefficient (Wildman–Crippen LogP) is 2.59. The standard InChI is InChI=1S/C14H18IN3O/c1-4-11-7-12(18(5-2)16-11)8-17-9-13(15)10(3)6-14(17)19/h6-7,9H,4-5,8H2,1-3H3. The van der Waals surface area contributed by atoms with Crippen molar-refractivity contribution >= 4 is 22.6 Å². The number of hydrogen-bond acceptors (Lipinski definition) is 2. The van der Waals surface area contributed by atoms with Gasteiger partial charge in [-0.1, -0.05) is 6.92 Å². The first-order chi connectivity index (χ1) is 9.05. The zero-order valence-electron chi connectivity index (χ0n) is 11.5. The molecule has 0 aromatic carbocycles. The minimum atomic E-state index is 0.0415. The zero-order chi connectivity index (χ0) is 14.0. The van der Waals surface area contributed by atoms with Gasteiger partial charge < -0.3 is 4.57 Å². The summed E-state index contributed by atoms with van der Waals surface area (Å²) >= 11 is 2.26. The van der Waals surface area contributed by atoms with E-state index in [1.165, 1.54) is 0 Å². The number of halogens is 1. The largest absolute Gasteiger partial charge is 0.308 e. The first-order valence-electron chi connectivity index (χ1n) is 6.47. The van der Waals surface area contributed by atoms with Crippen LogP contribution in [0.2, 0.25) is 0 Å². The van der Waals surface area contributed by atoms with Crippen molar-refractivity contribution in [3.05, 3.63) is 49.2 Å². The van der Waals surface area contributed by atoms with Gasteiger partial charge in [0.05, 0.1) is 17.9 Å². The van der Waals surface area contributed by atoms with Gasteiger partial charge >= 0.3 is 0 Å². The van der Waals surface area contributed by atoms with Gasteiger partial charge in [-0.3, -0.25) is 9.48 Å². The highest BCUT2D eigenvalue weighted by Gasteiger charge is 2.08. The highest BCUT2D eigenvalue weighted by Crippen LogP contribution is 2.10. The molecular weight excluding hydrogens is 353 g/mol. The molecular formula is C14H18IN3O. The van der Waals surface area contributed by atoms with Crippen LogP contribution in [0.4, 0.5) is 0 Å². The fraction of sp³-hybridized carbons (Fsp3) is 0.429. The van der Waals surface area contributed by atoms with Crippen LogP contribution >= 0.6 is 22.6 Å². The minimum absolute atomic E-state index is 0.0415. The van der Waals surface area contributed by atoms with E-state index in [0.29, 0.717) is 6.54 Å². The molecule has 0 bridgehead atoms. The van der Waals surface area contributed by atoms with Crippen molar-refractivity contribution in [1.29, 1.82) is 0 Å². The summed E-state index contributed by atoms with van der Waals surface area (Å²) in [5, 5.41) is 4.51. The quantitative estimate of drug-likeness (QED) is 0.776. The Morgan fingerprint density at radius 3 is 2.68 bits per heavy atom. The van der Waals surface area contributed by atoms with Crippen LogP contribution in [-0.2, 0) is 19.5 Å². The molecule has 0 atom stereocenters. The lowest BCUT2D eigenvalue weighted by Gasteiger charge is -2.09. The highest BCUT2D eigenvalue weighted by atomic mass is 127. The minimum Gasteiger partial charge on any atom is -0.308 e. The second-order valence-electron chi connectivity index (χ2n) is 4.57. The van der Waals surface area contributed by atoms with Crippen LogP contribution in [-0.4, -0.2) is 14.3 Å². The number of pyridine rings is 1. The Morgan fingerprint density at radius 1 is 1.32 bits per heavy atom. The first-order valence-corrected chi connectivity index (χ1v) is 7.55. The number of rotatable bonds is 4. The van der Waals surface area contributed by atoms with E-state index in [1.54, 1.807) is 10.6 Å². The van der Waals surface area contributed by atoms with Crippen molar-refractivity contribution in [1.82, 2.24) is 14.3 Å². The van der Waals surface area contributed by atoms with Gasteiger partial charge in [-0.05, 0) is 54.5 Å². The molecule has 0 amide bonds. The second kappa shape index (κ2) is 5.90.